The van der Waals surface area contributed by atoms with Gasteiger partial charge in [0.15, 0.2) is 5.78 Å². The third-order valence-corrected chi connectivity index (χ3v) is 17.5. The average molecular weight is 1240 g/mol. The fraction of sp³-hybridized carbons (Fsp3) is 0.803. The van der Waals surface area contributed by atoms with Crippen LogP contribution in [-0.4, -0.2) is 213 Å². The number of fused-ring (bicyclic) bond motifs is 3. The van der Waals surface area contributed by atoms with E-state index < -0.39 is 96.2 Å². The molecular weight excluding hydrogens is 1120 g/mol. The van der Waals surface area contributed by atoms with Crippen LogP contribution in [0, 0.1) is 35.5 Å². The minimum atomic E-state index is -2.44. The van der Waals surface area contributed by atoms with Gasteiger partial charge in [-0.25, -0.2) is 9.59 Å². The van der Waals surface area contributed by atoms with E-state index in [2.05, 4.69) is 12.2 Å². The first kappa shape index (κ1) is 75.5. The summed E-state index contributed by atoms with van der Waals surface area (Å²) in [5.41, 5.74) is 1.39. The lowest BCUT2D eigenvalue weighted by Gasteiger charge is -2.43. The molecule has 0 spiro atoms. The Morgan fingerprint density at radius 1 is 0.724 bits per heavy atom. The molecular formula is C66H110N2O19. The lowest BCUT2D eigenvalue weighted by Crippen LogP contribution is -2.61. The summed E-state index contributed by atoms with van der Waals surface area (Å²) < 4.78 is 69.9. The first-order valence-electron chi connectivity index (χ1n) is 32.0. The van der Waals surface area contributed by atoms with Gasteiger partial charge in [0.05, 0.1) is 83.9 Å². The maximum absolute atomic E-state index is 14.8. The van der Waals surface area contributed by atoms with Crippen molar-refractivity contribution in [3.05, 3.63) is 47.6 Å². The standard InChI is InChI=1S/C66H110N2O19/c1-13-28-80-30-32-82-34-36-84-37-35-83-33-31-81-29-26-67-65(74)86-54-25-23-51(41-58(54)78-11)40-47(5)57-43-56(77-10)46(4)39-49(7)60(70)61(79-12)59(69)48(6)38-44(2)19-15-14-16-20-45(3)55(76-9)42-52-24-22-50(8)66(75,87-52)62(71)63(72)68-27-18-17-21-53(68)64(73)85-57/h14-16,19-20,39,44,46-48,50-58,60-61,70,75H,13,17-18,21-38,40-43H2,1-12H3,(H,67,74)/b16-14+,19-15+,45-20+,49-39+/t44-,46?,47-,48?,50-,51+,52+,53+,54?,55+,56-,57+,58-,60-,61+,66-/m1/s1. The minimum Gasteiger partial charge on any atom is -0.460 e. The van der Waals surface area contributed by atoms with Crippen molar-refractivity contribution in [2.75, 3.05) is 108 Å². The summed E-state index contributed by atoms with van der Waals surface area (Å²) in [5, 5.41) is 26.6. The monoisotopic (exact) mass is 1230 g/mol. The van der Waals surface area contributed by atoms with Gasteiger partial charge in [0.2, 0.25) is 5.79 Å². The topological polar surface area (TPSA) is 252 Å². The molecule has 0 aromatic carbocycles. The molecule has 3 fully saturated rings. The van der Waals surface area contributed by atoms with Gasteiger partial charge in [-0.2, -0.15) is 0 Å². The van der Waals surface area contributed by atoms with Crippen molar-refractivity contribution < 1.29 is 91.0 Å². The first-order valence-corrected chi connectivity index (χ1v) is 32.0. The fourth-order valence-electron chi connectivity index (χ4n) is 12.2. The number of methoxy groups -OCH3 is 4. The van der Waals surface area contributed by atoms with Gasteiger partial charge < -0.3 is 77.3 Å². The Morgan fingerprint density at radius 3 is 1.99 bits per heavy atom. The quantitative estimate of drug-likeness (QED) is 0.0340. The molecule has 2 saturated heterocycles. The van der Waals surface area contributed by atoms with Crippen LogP contribution in [0.3, 0.4) is 0 Å². The Morgan fingerprint density at radius 2 is 1.37 bits per heavy atom. The Balaban J connectivity index is 1.48. The van der Waals surface area contributed by atoms with E-state index in [1.165, 1.54) is 12.0 Å². The zero-order chi connectivity index (χ0) is 63.9. The maximum atomic E-state index is 14.8. The number of cyclic esters (lactones) is 1. The van der Waals surface area contributed by atoms with Gasteiger partial charge in [0, 0.05) is 78.7 Å². The van der Waals surface area contributed by atoms with Gasteiger partial charge in [-0.05, 0) is 113 Å². The second-order valence-electron chi connectivity index (χ2n) is 24.4. The number of rotatable bonds is 25. The van der Waals surface area contributed by atoms with Crippen LogP contribution in [0.1, 0.15) is 139 Å². The molecule has 498 valence electrons. The second kappa shape index (κ2) is 40.7. The van der Waals surface area contributed by atoms with Crippen LogP contribution in [0.5, 0.6) is 0 Å². The van der Waals surface area contributed by atoms with Crippen LogP contribution in [0.25, 0.3) is 0 Å². The molecule has 4 aliphatic rings. The predicted molar refractivity (Wildman–Crippen MR) is 328 cm³/mol. The molecule has 4 rings (SSSR count). The largest absolute Gasteiger partial charge is 0.460 e. The summed E-state index contributed by atoms with van der Waals surface area (Å²) in [6, 6.07) is -1.12. The van der Waals surface area contributed by atoms with Crippen molar-refractivity contribution in [3.63, 3.8) is 0 Å². The number of amides is 2. The number of carbonyl (C=O) groups excluding carboxylic acids is 5. The Labute approximate surface area is 519 Å². The van der Waals surface area contributed by atoms with Crippen LogP contribution in [0.2, 0.25) is 0 Å². The number of piperidine rings is 1. The van der Waals surface area contributed by atoms with Gasteiger partial charge in [-0.15, -0.1) is 0 Å². The molecule has 16 atom stereocenters. The molecule has 21 nitrogen and oxygen atoms in total. The molecule has 3 aliphatic heterocycles. The number of hydrogen-bond acceptors (Lipinski definition) is 19. The fourth-order valence-corrected chi connectivity index (χ4v) is 12.2. The van der Waals surface area contributed by atoms with E-state index >= 15 is 0 Å². The number of Topliss-reactive ketones (excluding diaryl/α,β-unsaturated/α-hetero) is 2. The van der Waals surface area contributed by atoms with Crippen LogP contribution in [0.15, 0.2) is 47.6 Å². The van der Waals surface area contributed by atoms with E-state index in [1.807, 2.05) is 71.1 Å². The highest BCUT2D eigenvalue weighted by atomic mass is 16.6. The average Bonchev–Trinajstić information content (AvgIpc) is 0.957. The minimum absolute atomic E-state index is 0.0219. The molecule has 2 bridgehead atoms. The van der Waals surface area contributed by atoms with Gasteiger partial charge in [0.25, 0.3) is 11.7 Å². The van der Waals surface area contributed by atoms with E-state index in [-0.39, 0.29) is 62.0 Å². The molecule has 3 unspecified atom stereocenters. The zero-order valence-corrected chi connectivity index (χ0v) is 54.6. The summed E-state index contributed by atoms with van der Waals surface area (Å²) >= 11 is 0. The molecule has 0 aromatic heterocycles. The summed E-state index contributed by atoms with van der Waals surface area (Å²) in [7, 11) is 6.17. The van der Waals surface area contributed by atoms with E-state index in [1.54, 1.807) is 35.2 Å². The number of hydrogen-bond donors (Lipinski definition) is 3. The van der Waals surface area contributed by atoms with Crippen molar-refractivity contribution in [2.45, 2.75) is 200 Å². The Bertz CT molecular complexity index is 2170. The Kier molecular flexibility index (Phi) is 35.3. The second-order valence-corrected chi connectivity index (χ2v) is 24.4. The number of aliphatic hydroxyl groups is 2. The smallest absolute Gasteiger partial charge is 0.407 e. The van der Waals surface area contributed by atoms with Crippen LogP contribution in [-0.2, 0) is 76.0 Å². The van der Waals surface area contributed by atoms with E-state index in [9.17, 15) is 34.2 Å². The number of ether oxygens (including phenoxy) is 12. The highest BCUT2D eigenvalue weighted by molar-refractivity contribution is 6.39. The van der Waals surface area contributed by atoms with Crippen LogP contribution < -0.4 is 5.32 Å². The van der Waals surface area contributed by atoms with Crippen LogP contribution >= 0.6 is 0 Å². The number of nitrogens with one attached hydrogen (secondary N) is 1. The molecule has 1 saturated carbocycles. The molecule has 0 aromatic rings. The van der Waals surface area contributed by atoms with E-state index in [4.69, 9.17) is 56.8 Å². The van der Waals surface area contributed by atoms with Crippen molar-refractivity contribution in [1.29, 1.82) is 0 Å². The number of allylic oxidation sites excluding steroid dienone is 5. The number of ketones is 2. The number of alkyl carbamates (subject to hydrolysis) is 1. The highest BCUT2D eigenvalue weighted by Crippen LogP contribution is 2.38. The van der Waals surface area contributed by atoms with Gasteiger partial charge in [0.1, 0.15) is 30.5 Å². The molecule has 0 radical (unpaired) electrons. The number of nitrogens with zero attached hydrogens (tertiary/aromatic N) is 1. The predicted octanol–water partition coefficient (Wildman–Crippen LogP) is 7.85. The van der Waals surface area contributed by atoms with Crippen molar-refractivity contribution >= 4 is 29.5 Å². The molecule has 3 N–H and O–H groups in total. The molecule has 3 heterocycles. The summed E-state index contributed by atoms with van der Waals surface area (Å²) in [4.78, 5) is 72.0. The summed E-state index contributed by atoms with van der Waals surface area (Å²) in [6.07, 6.45) is 11.9. The summed E-state index contributed by atoms with van der Waals surface area (Å²) in [6.45, 7) is 20.2. The normalized spacial score (nSPS) is 33.9. The molecule has 87 heavy (non-hydrogen) atoms. The highest BCUT2D eigenvalue weighted by Gasteiger charge is 2.53. The number of esters is 1. The van der Waals surface area contributed by atoms with Gasteiger partial charge in [-0.3, -0.25) is 14.4 Å². The van der Waals surface area contributed by atoms with Gasteiger partial charge in [-0.1, -0.05) is 78.0 Å². The Hall–Kier alpha value is -3.97. The lowest BCUT2D eigenvalue weighted by molar-refractivity contribution is -0.265. The van der Waals surface area contributed by atoms with Crippen molar-refractivity contribution in [1.82, 2.24) is 10.2 Å². The van der Waals surface area contributed by atoms with E-state index in [0.717, 1.165) is 18.6 Å². The number of aliphatic hydroxyl groups excluding tert-OH is 1. The lowest BCUT2D eigenvalue weighted by atomic mass is 9.78. The van der Waals surface area contributed by atoms with Crippen molar-refractivity contribution in [3.8, 4) is 0 Å². The SMILES string of the molecule is CCCOCCOCCOCCOCCOCCNC(=O)OC1CC[C@@H](C[C@@H](C)[C@@H]2C[C@@H](OC)C(C)/C=C(\C)[C@@H](O)[C@@H](OC)C(=O)C(C)C[C@H](C)/C=C/C=C/C=C(\C)[C@@H](OC)C[C@@H]3CC[C@@H](C)[C@@](O)(O3)C(=O)C(=O)N3CCCC[C@H]3C(=O)O2)C[C@H]1OC. The third kappa shape index (κ3) is 25.0. The zero-order valence-electron chi connectivity index (χ0n) is 54.6. The molecule has 2 amide bonds. The third-order valence-electron chi connectivity index (χ3n) is 17.5. The van der Waals surface area contributed by atoms with Gasteiger partial charge >= 0.3 is 12.1 Å². The summed E-state index contributed by atoms with van der Waals surface area (Å²) in [5.74, 6) is -7.17. The molecule has 1 aliphatic carbocycles. The number of carbonyl (C=O) groups is 5. The van der Waals surface area contributed by atoms with Crippen LogP contribution in [0.4, 0.5) is 4.79 Å². The van der Waals surface area contributed by atoms with E-state index in [0.29, 0.717) is 123 Å². The van der Waals surface area contributed by atoms with Crippen molar-refractivity contribution in [2.24, 2.45) is 35.5 Å². The first-order chi connectivity index (χ1) is 41.7. The maximum Gasteiger partial charge on any atom is 0.407 e. The molecule has 21 heteroatoms.